The molecule has 0 bridgehead atoms. The Morgan fingerprint density at radius 3 is 2.50 bits per heavy atom. The van der Waals surface area contributed by atoms with E-state index in [4.69, 9.17) is 0 Å². The first-order valence-electron chi connectivity index (χ1n) is 7.24. The van der Waals surface area contributed by atoms with Crippen molar-refractivity contribution in [3.63, 3.8) is 0 Å². The van der Waals surface area contributed by atoms with E-state index in [9.17, 15) is 5.11 Å². The van der Waals surface area contributed by atoms with Crippen molar-refractivity contribution in [2.24, 2.45) is 11.3 Å². The summed E-state index contributed by atoms with van der Waals surface area (Å²) in [5.74, 6) is 0.686. The Morgan fingerprint density at radius 1 is 1.39 bits per heavy atom. The second-order valence-electron chi connectivity index (χ2n) is 7.42. The molecule has 2 N–H and O–H groups in total. The van der Waals surface area contributed by atoms with Gasteiger partial charge in [-0.15, -0.1) is 0 Å². The van der Waals surface area contributed by atoms with Crippen molar-refractivity contribution in [1.29, 1.82) is 0 Å². The van der Waals surface area contributed by atoms with E-state index in [1.807, 2.05) is 13.8 Å². The maximum Gasteiger partial charge on any atom is 0.0718 e. The van der Waals surface area contributed by atoms with Gasteiger partial charge in [0.15, 0.2) is 0 Å². The Bertz CT molecular complexity index is 258. The first kappa shape index (κ1) is 15.9. The summed E-state index contributed by atoms with van der Waals surface area (Å²) >= 11 is 0. The molecule has 1 rings (SSSR count). The van der Waals surface area contributed by atoms with Crippen molar-refractivity contribution in [1.82, 2.24) is 10.2 Å². The number of aliphatic hydroxyl groups is 1. The molecule has 0 aliphatic heterocycles. The average Bonchev–Trinajstić information content (AvgIpc) is 2.13. The standard InChI is InChI=1S/C15H32N2O/c1-14(2)9-7-8-12(13(14)16-5)10-17(6)11-15(3,4)18/h12-13,16,18H,7-11H2,1-6H3. The molecule has 0 spiro atoms. The summed E-state index contributed by atoms with van der Waals surface area (Å²) in [6.45, 7) is 10.3. The van der Waals surface area contributed by atoms with E-state index in [1.165, 1.54) is 19.3 Å². The largest absolute Gasteiger partial charge is 0.389 e. The van der Waals surface area contributed by atoms with E-state index in [1.54, 1.807) is 0 Å². The van der Waals surface area contributed by atoms with Crippen molar-refractivity contribution in [3.05, 3.63) is 0 Å². The third-order valence-electron chi connectivity index (χ3n) is 4.22. The minimum Gasteiger partial charge on any atom is -0.389 e. The molecule has 1 aliphatic carbocycles. The molecule has 108 valence electrons. The maximum atomic E-state index is 9.89. The lowest BCUT2D eigenvalue weighted by Gasteiger charge is -2.45. The maximum absolute atomic E-state index is 9.89. The molecule has 1 aliphatic rings. The molecule has 0 aromatic carbocycles. The number of likely N-dealkylation sites (N-methyl/N-ethyl adjacent to an activating group) is 1. The molecule has 0 amide bonds. The molecule has 1 saturated carbocycles. The predicted octanol–water partition coefficient (Wildman–Crippen LogP) is 2.10. The summed E-state index contributed by atoms with van der Waals surface area (Å²) in [6, 6.07) is 0.579. The molecule has 3 nitrogen and oxygen atoms in total. The molecule has 0 radical (unpaired) electrons. The summed E-state index contributed by atoms with van der Waals surface area (Å²) in [4.78, 5) is 2.27. The summed E-state index contributed by atoms with van der Waals surface area (Å²) < 4.78 is 0. The molecule has 0 saturated heterocycles. The molecule has 2 atom stereocenters. The van der Waals surface area contributed by atoms with Crippen LogP contribution in [0.3, 0.4) is 0 Å². The van der Waals surface area contributed by atoms with Crippen molar-refractivity contribution in [3.8, 4) is 0 Å². The van der Waals surface area contributed by atoms with E-state index < -0.39 is 5.60 Å². The molecule has 3 heteroatoms. The van der Waals surface area contributed by atoms with Gasteiger partial charge in [0.25, 0.3) is 0 Å². The minimum absolute atomic E-state index is 0.382. The van der Waals surface area contributed by atoms with Gasteiger partial charge in [0, 0.05) is 19.1 Å². The zero-order valence-corrected chi connectivity index (χ0v) is 13.1. The lowest BCUT2D eigenvalue weighted by Crippen LogP contribution is -2.52. The topological polar surface area (TPSA) is 35.5 Å². The highest BCUT2D eigenvalue weighted by atomic mass is 16.3. The third-order valence-corrected chi connectivity index (χ3v) is 4.22. The average molecular weight is 256 g/mol. The lowest BCUT2D eigenvalue weighted by molar-refractivity contribution is 0.0266. The van der Waals surface area contributed by atoms with Crippen molar-refractivity contribution in [2.75, 3.05) is 27.2 Å². The SMILES string of the molecule is CNC1C(CN(C)CC(C)(C)O)CCCC1(C)C. The van der Waals surface area contributed by atoms with Crippen LogP contribution in [-0.2, 0) is 0 Å². The Morgan fingerprint density at radius 2 is 2.00 bits per heavy atom. The van der Waals surface area contributed by atoms with Crippen LogP contribution in [0, 0.1) is 11.3 Å². The molecule has 0 aromatic rings. The van der Waals surface area contributed by atoms with Gasteiger partial charge in [-0.3, -0.25) is 0 Å². The van der Waals surface area contributed by atoms with Gasteiger partial charge in [0.1, 0.15) is 0 Å². The summed E-state index contributed by atoms with van der Waals surface area (Å²) in [7, 11) is 4.20. The first-order chi connectivity index (χ1) is 8.15. The highest BCUT2D eigenvalue weighted by molar-refractivity contribution is 4.93. The number of hydrogen-bond donors (Lipinski definition) is 2. The fourth-order valence-electron chi connectivity index (χ4n) is 3.73. The van der Waals surface area contributed by atoms with E-state index in [-0.39, 0.29) is 0 Å². The van der Waals surface area contributed by atoms with E-state index >= 15 is 0 Å². The first-order valence-corrected chi connectivity index (χ1v) is 7.24. The fraction of sp³-hybridized carbons (Fsp3) is 1.00. The van der Waals surface area contributed by atoms with Crippen LogP contribution in [0.15, 0.2) is 0 Å². The van der Waals surface area contributed by atoms with Crippen LogP contribution in [0.1, 0.15) is 47.0 Å². The molecule has 1 fully saturated rings. The summed E-state index contributed by atoms with van der Waals surface area (Å²) in [6.07, 6.45) is 3.93. The van der Waals surface area contributed by atoms with Crippen molar-refractivity contribution in [2.45, 2.75) is 58.6 Å². The minimum atomic E-state index is -0.603. The van der Waals surface area contributed by atoms with Crippen LogP contribution < -0.4 is 5.32 Å². The Balaban J connectivity index is 2.59. The van der Waals surface area contributed by atoms with Gasteiger partial charge < -0.3 is 15.3 Å². The normalized spacial score (nSPS) is 28.7. The predicted molar refractivity (Wildman–Crippen MR) is 77.8 cm³/mol. The lowest BCUT2D eigenvalue weighted by atomic mass is 9.68. The quantitative estimate of drug-likeness (QED) is 0.791. The van der Waals surface area contributed by atoms with Crippen LogP contribution in [0.2, 0.25) is 0 Å². The molecular formula is C15H32N2O. The summed E-state index contributed by atoms with van der Waals surface area (Å²) in [5, 5.41) is 13.4. The Kier molecular flexibility index (Phi) is 5.22. The molecular weight excluding hydrogens is 224 g/mol. The van der Waals surface area contributed by atoms with Gasteiger partial charge in [0.2, 0.25) is 0 Å². The smallest absolute Gasteiger partial charge is 0.0718 e. The zero-order chi connectivity index (χ0) is 14.0. The van der Waals surface area contributed by atoms with E-state index in [2.05, 4.69) is 38.2 Å². The van der Waals surface area contributed by atoms with Gasteiger partial charge >= 0.3 is 0 Å². The number of rotatable bonds is 5. The van der Waals surface area contributed by atoms with Crippen molar-refractivity contribution >= 4 is 0 Å². The zero-order valence-electron chi connectivity index (χ0n) is 13.1. The second kappa shape index (κ2) is 5.89. The molecule has 18 heavy (non-hydrogen) atoms. The number of hydrogen-bond acceptors (Lipinski definition) is 3. The molecule has 2 unspecified atom stereocenters. The summed E-state index contributed by atoms with van der Waals surface area (Å²) in [5.41, 5.74) is -0.221. The van der Waals surface area contributed by atoms with E-state index in [0.29, 0.717) is 17.4 Å². The van der Waals surface area contributed by atoms with Gasteiger partial charge in [0.05, 0.1) is 5.60 Å². The van der Waals surface area contributed by atoms with Crippen LogP contribution in [-0.4, -0.2) is 48.8 Å². The Labute approximate surface area is 113 Å². The molecule has 0 aromatic heterocycles. The monoisotopic (exact) mass is 256 g/mol. The third kappa shape index (κ3) is 4.52. The van der Waals surface area contributed by atoms with Crippen LogP contribution in [0.5, 0.6) is 0 Å². The number of nitrogens with one attached hydrogen (secondary N) is 1. The second-order valence-corrected chi connectivity index (χ2v) is 7.42. The van der Waals surface area contributed by atoms with Crippen LogP contribution in [0.4, 0.5) is 0 Å². The van der Waals surface area contributed by atoms with Gasteiger partial charge in [-0.2, -0.15) is 0 Å². The van der Waals surface area contributed by atoms with Crippen molar-refractivity contribution < 1.29 is 5.11 Å². The van der Waals surface area contributed by atoms with E-state index in [0.717, 1.165) is 13.1 Å². The highest BCUT2D eigenvalue weighted by Crippen LogP contribution is 2.39. The fourth-order valence-corrected chi connectivity index (χ4v) is 3.73. The molecule has 0 heterocycles. The Hall–Kier alpha value is -0.120. The number of nitrogens with zero attached hydrogens (tertiary/aromatic N) is 1. The van der Waals surface area contributed by atoms with Crippen LogP contribution >= 0.6 is 0 Å². The van der Waals surface area contributed by atoms with Gasteiger partial charge in [-0.1, -0.05) is 20.3 Å². The van der Waals surface area contributed by atoms with Gasteiger partial charge in [-0.05, 0) is 52.1 Å². The highest BCUT2D eigenvalue weighted by Gasteiger charge is 2.38. The van der Waals surface area contributed by atoms with Crippen LogP contribution in [0.25, 0.3) is 0 Å². The van der Waals surface area contributed by atoms with Gasteiger partial charge in [-0.25, -0.2) is 0 Å².